The van der Waals surface area contributed by atoms with E-state index in [-0.39, 0.29) is 60.8 Å². The molecule has 240 valence electrons. The van der Waals surface area contributed by atoms with E-state index in [1.165, 1.54) is 4.90 Å². The van der Waals surface area contributed by atoms with Gasteiger partial charge in [-0.25, -0.2) is 4.79 Å². The molecule has 0 aliphatic carbocycles. The second kappa shape index (κ2) is 14.0. The van der Waals surface area contributed by atoms with Crippen molar-refractivity contribution in [1.82, 2.24) is 15.1 Å². The van der Waals surface area contributed by atoms with E-state index in [9.17, 15) is 19.5 Å². The third-order valence-electron chi connectivity index (χ3n) is 9.61. The van der Waals surface area contributed by atoms with Gasteiger partial charge in [-0.05, 0) is 46.6 Å². The summed E-state index contributed by atoms with van der Waals surface area (Å²) in [6, 6.07) is -0.0612. The van der Waals surface area contributed by atoms with Gasteiger partial charge < -0.3 is 34.7 Å². The van der Waals surface area contributed by atoms with Gasteiger partial charge in [0.25, 0.3) is 0 Å². The molecule has 4 rings (SSSR count). The number of allylic oxidation sites excluding steroid dienone is 3. The molecular formula is C32H50N4O7. The van der Waals surface area contributed by atoms with E-state index in [2.05, 4.69) is 36.2 Å². The fourth-order valence-electron chi connectivity index (χ4n) is 6.93. The molecule has 0 aromatic carbocycles. The number of ether oxygens (including phenoxy) is 3. The highest BCUT2D eigenvalue weighted by molar-refractivity contribution is 5.74. The Bertz CT molecular complexity index is 1110. The molecule has 0 bridgehead atoms. The molecule has 4 fully saturated rings. The number of carboxylic acid groups (broad SMARTS) is 1. The van der Waals surface area contributed by atoms with Crippen LogP contribution >= 0.6 is 0 Å². The molecule has 4 heterocycles. The SMILES string of the molecule is C/C=C/C(C=O)C1(N[C@@H]2C[C@H](C)[C@H](C/C=C(C)/C=C/[C@@H]3C[C@]4(CO4)C[C@@H](CC(N)=O)O3)O[C@@H]2C)CN(C(=O)O)CCN1C. The number of likely N-dealkylation sites (N-methyl/N-ethyl adjacent to an activating group) is 1. The number of epoxide rings is 1. The minimum atomic E-state index is -0.983. The molecule has 4 N–H and O–H groups in total. The molecule has 2 unspecified atom stereocenters. The molecule has 11 heteroatoms. The summed E-state index contributed by atoms with van der Waals surface area (Å²) in [6.45, 7) is 9.95. The number of primary amides is 1. The first-order valence-corrected chi connectivity index (χ1v) is 15.5. The molecule has 11 nitrogen and oxygen atoms in total. The third kappa shape index (κ3) is 8.13. The zero-order valence-corrected chi connectivity index (χ0v) is 26.2. The van der Waals surface area contributed by atoms with Crippen molar-refractivity contribution < 1.29 is 33.7 Å². The normalized spacial score (nSPS) is 38.1. The van der Waals surface area contributed by atoms with E-state index in [1.807, 2.05) is 39.1 Å². The molecule has 0 aromatic rings. The predicted molar refractivity (Wildman–Crippen MR) is 162 cm³/mol. The van der Waals surface area contributed by atoms with Crippen LogP contribution in [0.1, 0.15) is 59.8 Å². The van der Waals surface area contributed by atoms with Crippen LogP contribution in [0.5, 0.6) is 0 Å². The number of aldehydes is 1. The van der Waals surface area contributed by atoms with Gasteiger partial charge in [-0.1, -0.05) is 42.9 Å². The van der Waals surface area contributed by atoms with Crippen molar-refractivity contribution in [3.63, 3.8) is 0 Å². The molecular weight excluding hydrogens is 552 g/mol. The van der Waals surface area contributed by atoms with Crippen molar-refractivity contribution in [2.24, 2.45) is 17.6 Å². The lowest BCUT2D eigenvalue weighted by molar-refractivity contribution is -0.127. The van der Waals surface area contributed by atoms with Gasteiger partial charge in [0.1, 0.15) is 11.9 Å². The summed E-state index contributed by atoms with van der Waals surface area (Å²) in [5.41, 5.74) is 5.46. The number of carbonyl (C=O) groups is 3. The molecule has 2 amide bonds. The van der Waals surface area contributed by atoms with Crippen LogP contribution in [0.4, 0.5) is 4.79 Å². The lowest BCUT2D eigenvalue weighted by Crippen LogP contribution is -2.74. The molecule has 0 saturated carbocycles. The van der Waals surface area contributed by atoms with Crippen molar-refractivity contribution >= 4 is 18.3 Å². The Morgan fingerprint density at radius 2 is 1.95 bits per heavy atom. The van der Waals surface area contributed by atoms with Crippen molar-refractivity contribution in [3.8, 4) is 0 Å². The minimum Gasteiger partial charge on any atom is -0.465 e. The van der Waals surface area contributed by atoms with E-state index < -0.39 is 17.7 Å². The van der Waals surface area contributed by atoms with Crippen LogP contribution in [0.2, 0.25) is 0 Å². The molecule has 4 aliphatic heterocycles. The Morgan fingerprint density at radius 3 is 2.58 bits per heavy atom. The van der Waals surface area contributed by atoms with E-state index in [4.69, 9.17) is 19.9 Å². The van der Waals surface area contributed by atoms with Gasteiger partial charge in [-0.15, -0.1) is 0 Å². The summed E-state index contributed by atoms with van der Waals surface area (Å²) in [7, 11) is 1.95. The van der Waals surface area contributed by atoms with Gasteiger partial charge in [0.05, 0.1) is 55.5 Å². The zero-order chi connectivity index (χ0) is 31.4. The van der Waals surface area contributed by atoms with Crippen LogP contribution in [0, 0.1) is 11.8 Å². The number of nitrogens with two attached hydrogens (primary N) is 1. The van der Waals surface area contributed by atoms with Crippen LogP contribution in [-0.4, -0.2) is 108 Å². The first-order valence-electron chi connectivity index (χ1n) is 15.5. The van der Waals surface area contributed by atoms with Gasteiger partial charge in [-0.3, -0.25) is 15.0 Å². The van der Waals surface area contributed by atoms with Crippen LogP contribution in [0.3, 0.4) is 0 Å². The fourth-order valence-corrected chi connectivity index (χ4v) is 6.93. The number of piperazine rings is 1. The maximum absolute atomic E-state index is 12.3. The first-order chi connectivity index (χ1) is 20.4. The topological polar surface area (TPSA) is 147 Å². The van der Waals surface area contributed by atoms with Gasteiger partial charge in [0.15, 0.2) is 0 Å². The molecule has 0 radical (unpaired) electrons. The highest BCUT2D eigenvalue weighted by Crippen LogP contribution is 2.43. The molecule has 4 aliphatic rings. The number of rotatable bonds is 11. The third-order valence-corrected chi connectivity index (χ3v) is 9.61. The van der Waals surface area contributed by atoms with Crippen LogP contribution in [0.25, 0.3) is 0 Å². The fraction of sp³-hybridized carbons (Fsp3) is 0.719. The Morgan fingerprint density at radius 1 is 1.21 bits per heavy atom. The van der Waals surface area contributed by atoms with E-state index in [0.29, 0.717) is 26.1 Å². The number of amides is 2. The Kier molecular flexibility index (Phi) is 10.9. The summed E-state index contributed by atoms with van der Waals surface area (Å²) < 4.78 is 18.3. The van der Waals surface area contributed by atoms with E-state index in [0.717, 1.165) is 31.1 Å². The van der Waals surface area contributed by atoms with Crippen LogP contribution in [0.15, 0.2) is 36.0 Å². The molecule has 4 saturated heterocycles. The van der Waals surface area contributed by atoms with E-state index >= 15 is 0 Å². The summed E-state index contributed by atoms with van der Waals surface area (Å²) in [6.07, 6.45) is 12.7. The number of nitrogens with one attached hydrogen (secondary N) is 1. The number of nitrogens with zero attached hydrogens (tertiary/aromatic N) is 2. The van der Waals surface area contributed by atoms with Crippen molar-refractivity contribution in [3.05, 3.63) is 36.0 Å². The molecule has 43 heavy (non-hydrogen) atoms. The maximum Gasteiger partial charge on any atom is 0.407 e. The molecule has 0 aromatic heterocycles. The average molecular weight is 603 g/mol. The Hall–Kier alpha value is -2.57. The van der Waals surface area contributed by atoms with Crippen molar-refractivity contribution in [2.45, 2.75) is 102 Å². The lowest BCUT2D eigenvalue weighted by Gasteiger charge is -2.54. The molecule has 1 spiro atoms. The lowest BCUT2D eigenvalue weighted by atomic mass is 9.83. The summed E-state index contributed by atoms with van der Waals surface area (Å²) in [5.74, 6) is -0.648. The zero-order valence-electron chi connectivity index (χ0n) is 26.2. The largest absolute Gasteiger partial charge is 0.465 e. The van der Waals surface area contributed by atoms with Gasteiger partial charge >= 0.3 is 6.09 Å². The van der Waals surface area contributed by atoms with Crippen molar-refractivity contribution in [2.75, 3.05) is 33.3 Å². The second-order valence-corrected chi connectivity index (χ2v) is 13.0. The minimum absolute atomic E-state index is 0.0263. The standard InChI is InChI=1S/C32H50N4O7/c1-6-7-24(18-37)32(19-36(30(39)40)13-12-35(32)5)34-27-14-22(3)28(42-23(27)4)11-9-21(2)8-10-25-16-31(20-41-31)17-26(43-25)15-29(33)38/h6-10,18,22-28,34H,11-17,19-20H2,1-5H3,(H2,33,38)(H,39,40)/b7-6+,10-8+,21-9+/t22-,23+,24?,25+,26+,27+,28-,31+,32?/m0/s1. The summed E-state index contributed by atoms with van der Waals surface area (Å²) >= 11 is 0. The number of hydrogen-bond donors (Lipinski definition) is 3. The average Bonchev–Trinajstić information content (AvgIpc) is 3.69. The second-order valence-electron chi connectivity index (χ2n) is 13.0. The monoisotopic (exact) mass is 602 g/mol. The highest BCUT2D eigenvalue weighted by Gasteiger charge is 2.52. The number of hydrogen-bond acceptors (Lipinski definition) is 8. The maximum atomic E-state index is 12.3. The quantitative estimate of drug-likeness (QED) is 0.141. The Balaban J connectivity index is 1.38. The van der Waals surface area contributed by atoms with E-state index in [1.54, 1.807) is 0 Å². The van der Waals surface area contributed by atoms with Crippen LogP contribution in [-0.2, 0) is 23.8 Å². The van der Waals surface area contributed by atoms with Gasteiger partial charge in [0, 0.05) is 32.0 Å². The smallest absolute Gasteiger partial charge is 0.407 e. The predicted octanol–water partition coefficient (Wildman–Crippen LogP) is 2.86. The Labute approximate surface area is 255 Å². The van der Waals surface area contributed by atoms with Gasteiger partial charge in [-0.2, -0.15) is 0 Å². The summed E-state index contributed by atoms with van der Waals surface area (Å²) in [4.78, 5) is 39.1. The number of carbonyl (C=O) groups excluding carboxylic acids is 2. The highest BCUT2D eigenvalue weighted by atomic mass is 16.6. The summed E-state index contributed by atoms with van der Waals surface area (Å²) in [5, 5.41) is 13.5. The van der Waals surface area contributed by atoms with Crippen LogP contribution < -0.4 is 11.1 Å². The molecule has 9 atom stereocenters. The van der Waals surface area contributed by atoms with Crippen molar-refractivity contribution in [1.29, 1.82) is 0 Å². The van der Waals surface area contributed by atoms with Gasteiger partial charge in [0.2, 0.25) is 5.91 Å². The first kappa shape index (κ1) is 33.3.